The van der Waals surface area contributed by atoms with Crippen molar-refractivity contribution >= 4 is 0 Å². The summed E-state index contributed by atoms with van der Waals surface area (Å²) in [5, 5.41) is 4.46. The highest BCUT2D eigenvalue weighted by Gasteiger charge is 2.22. The quantitative estimate of drug-likeness (QED) is 0.823. The van der Waals surface area contributed by atoms with Gasteiger partial charge in [-0.05, 0) is 39.3 Å². The van der Waals surface area contributed by atoms with E-state index in [1.165, 1.54) is 24.2 Å². The Balaban J connectivity index is 2.04. The van der Waals surface area contributed by atoms with Crippen molar-refractivity contribution in [3.8, 4) is 0 Å². The molecule has 16 heavy (non-hydrogen) atoms. The van der Waals surface area contributed by atoms with E-state index in [1.54, 1.807) is 0 Å². The van der Waals surface area contributed by atoms with Gasteiger partial charge in [0.25, 0.3) is 0 Å². The molecule has 1 unspecified atom stereocenters. The van der Waals surface area contributed by atoms with Crippen LogP contribution in [-0.2, 0) is 13.6 Å². The predicted octanol–water partition coefficient (Wildman–Crippen LogP) is 0.818. The number of nitrogens with two attached hydrogens (primary N) is 1. The van der Waals surface area contributed by atoms with Crippen LogP contribution in [0.2, 0.25) is 0 Å². The zero-order chi connectivity index (χ0) is 11.7. The summed E-state index contributed by atoms with van der Waals surface area (Å²) in [5.41, 5.74) is 9.55. The molecule has 1 aromatic rings. The lowest BCUT2D eigenvalue weighted by molar-refractivity contribution is 0.316. The third kappa shape index (κ3) is 2.13. The molecular weight excluding hydrogens is 200 g/mol. The number of rotatable bonds is 3. The summed E-state index contributed by atoms with van der Waals surface area (Å²) in [5.74, 6) is 0.692. The second-order valence-electron chi connectivity index (χ2n) is 4.90. The topological polar surface area (TPSA) is 47.1 Å². The van der Waals surface area contributed by atoms with Crippen LogP contribution in [0.1, 0.15) is 23.4 Å². The van der Waals surface area contributed by atoms with Gasteiger partial charge in [-0.3, -0.25) is 9.58 Å². The lowest BCUT2D eigenvalue weighted by Gasteiger charge is -2.15. The highest BCUT2D eigenvalue weighted by molar-refractivity contribution is 5.24. The molecule has 0 spiro atoms. The minimum Gasteiger partial charge on any atom is -0.330 e. The summed E-state index contributed by atoms with van der Waals surface area (Å²) in [4.78, 5) is 2.49. The molecular formula is C12H22N4. The summed E-state index contributed by atoms with van der Waals surface area (Å²) >= 11 is 0. The van der Waals surface area contributed by atoms with Crippen molar-refractivity contribution in [1.29, 1.82) is 0 Å². The summed E-state index contributed by atoms with van der Waals surface area (Å²) < 4.78 is 1.97. The molecule has 0 aliphatic carbocycles. The Morgan fingerprint density at radius 2 is 2.19 bits per heavy atom. The lowest BCUT2D eigenvalue weighted by Crippen LogP contribution is -2.23. The van der Waals surface area contributed by atoms with E-state index in [0.29, 0.717) is 5.92 Å². The molecule has 0 bridgehead atoms. The van der Waals surface area contributed by atoms with Crippen molar-refractivity contribution in [2.45, 2.75) is 26.8 Å². The van der Waals surface area contributed by atoms with Crippen molar-refractivity contribution in [3.05, 3.63) is 17.0 Å². The van der Waals surface area contributed by atoms with Gasteiger partial charge in [-0.15, -0.1) is 0 Å². The van der Waals surface area contributed by atoms with Gasteiger partial charge in [0.15, 0.2) is 0 Å². The fourth-order valence-electron chi connectivity index (χ4n) is 2.52. The van der Waals surface area contributed by atoms with Gasteiger partial charge in [0.05, 0.1) is 5.69 Å². The smallest absolute Gasteiger partial charge is 0.0641 e. The number of hydrogen-bond donors (Lipinski definition) is 1. The van der Waals surface area contributed by atoms with Gasteiger partial charge in [0.1, 0.15) is 0 Å². The Labute approximate surface area is 97.4 Å². The average Bonchev–Trinajstić information content (AvgIpc) is 2.80. The van der Waals surface area contributed by atoms with Gasteiger partial charge in [-0.2, -0.15) is 5.10 Å². The normalized spacial score (nSPS) is 21.9. The van der Waals surface area contributed by atoms with Crippen LogP contribution in [-0.4, -0.2) is 34.3 Å². The Bertz CT molecular complexity index is 369. The summed E-state index contributed by atoms with van der Waals surface area (Å²) in [6.07, 6.45) is 1.24. The van der Waals surface area contributed by atoms with Crippen LogP contribution in [0.3, 0.4) is 0 Å². The van der Waals surface area contributed by atoms with Gasteiger partial charge < -0.3 is 5.73 Å². The minimum absolute atomic E-state index is 0.692. The van der Waals surface area contributed by atoms with Crippen molar-refractivity contribution in [1.82, 2.24) is 14.7 Å². The fraction of sp³-hybridized carbons (Fsp3) is 0.750. The number of nitrogens with zero attached hydrogens (tertiary/aromatic N) is 3. The zero-order valence-electron chi connectivity index (χ0n) is 10.5. The number of aromatic nitrogens is 2. The molecule has 2 N–H and O–H groups in total. The van der Waals surface area contributed by atoms with Gasteiger partial charge >= 0.3 is 0 Å². The Kier molecular flexibility index (Phi) is 3.30. The van der Waals surface area contributed by atoms with E-state index in [9.17, 15) is 0 Å². The largest absolute Gasteiger partial charge is 0.330 e. The van der Waals surface area contributed by atoms with E-state index in [0.717, 1.165) is 25.3 Å². The molecule has 1 saturated heterocycles. The molecule has 1 aliphatic rings. The standard InChI is InChI=1S/C12H22N4/c1-9-12(10(2)15(3)14-9)8-16-5-4-11(6-13)7-16/h11H,4-8,13H2,1-3H3. The Hall–Kier alpha value is -0.870. The second kappa shape index (κ2) is 4.55. The average molecular weight is 222 g/mol. The van der Waals surface area contributed by atoms with Crippen LogP contribution < -0.4 is 5.73 Å². The maximum absolute atomic E-state index is 5.71. The van der Waals surface area contributed by atoms with E-state index in [2.05, 4.69) is 23.8 Å². The predicted molar refractivity (Wildman–Crippen MR) is 65.1 cm³/mol. The van der Waals surface area contributed by atoms with E-state index in [1.807, 2.05) is 11.7 Å². The van der Waals surface area contributed by atoms with Crippen LogP contribution in [0.25, 0.3) is 0 Å². The van der Waals surface area contributed by atoms with Crippen LogP contribution in [0.4, 0.5) is 0 Å². The molecule has 4 nitrogen and oxygen atoms in total. The molecule has 0 amide bonds. The minimum atomic E-state index is 0.692. The number of likely N-dealkylation sites (tertiary alicyclic amines) is 1. The first-order valence-corrected chi connectivity index (χ1v) is 6.03. The zero-order valence-corrected chi connectivity index (χ0v) is 10.5. The van der Waals surface area contributed by atoms with Gasteiger partial charge in [-0.1, -0.05) is 0 Å². The SMILES string of the molecule is Cc1nn(C)c(C)c1CN1CCC(CN)C1. The Morgan fingerprint density at radius 1 is 1.44 bits per heavy atom. The first-order chi connectivity index (χ1) is 7.61. The van der Waals surface area contributed by atoms with E-state index >= 15 is 0 Å². The van der Waals surface area contributed by atoms with E-state index in [-0.39, 0.29) is 0 Å². The van der Waals surface area contributed by atoms with Crippen LogP contribution in [0.5, 0.6) is 0 Å². The molecule has 0 aromatic carbocycles. The Morgan fingerprint density at radius 3 is 2.69 bits per heavy atom. The molecule has 90 valence electrons. The first kappa shape index (κ1) is 11.6. The van der Waals surface area contributed by atoms with Crippen molar-refractivity contribution in [3.63, 3.8) is 0 Å². The maximum atomic E-state index is 5.71. The maximum Gasteiger partial charge on any atom is 0.0641 e. The molecule has 1 atom stereocenters. The van der Waals surface area contributed by atoms with Gasteiger partial charge in [0, 0.05) is 31.4 Å². The summed E-state index contributed by atoms with van der Waals surface area (Å²) in [6.45, 7) is 8.41. The van der Waals surface area contributed by atoms with E-state index < -0.39 is 0 Å². The lowest BCUT2D eigenvalue weighted by atomic mass is 10.1. The van der Waals surface area contributed by atoms with Crippen LogP contribution in [0.15, 0.2) is 0 Å². The van der Waals surface area contributed by atoms with Crippen molar-refractivity contribution in [2.24, 2.45) is 18.7 Å². The molecule has 4 heteroatoms. The fourth-order valence-corrected chi connectivity index (χ4v) is 2.52. The second-order valence-corrected chi connectivity index (χ2v) is 4.90. The van der Waals surface area contributed by atoms with Crippen LogP contribution >= 0.6 is 0 Å². The van der Waals surface area contributed by atoms with Crippen molar-refractivity contribution < 1.29 is 0 Å². The highest BCUT2D eigenvalue weighted by atomic mass is 15.3. The van der Waals surface area contributed by atoms with Crippen molar-refractivity contribution in [2.75, 3.05) is 19.6 Å². The summed E-state index contributed by atoms with van der Waals surface area (Å²) in [7, 11) is 2.01. The van der Waals surface area contributed by atoms with Crippen LogP contribution in [0, 0.1) is 19.8 Å². The molecule has 2 heterocycles. The molecule has 2 rings (SSSR count). The molecule has 1 aliphatic heterocycles. The third-order valence-electron chi connectivity index (χ3n) is 3.74. The third-order valence-corrected chi connectivity index (χ3v) is 3.74. The van der Waals surface area contributed by atoms with Gasteiger partial charge in [0.2, 0.25) is 0 Å². The molecule has 0 radical (unpaired) electrons. The molecule has 0 saturated carbocycles. The first-order valence-electron chi connectivity index (χ1n) is 6.03. The highest BCUT2D eigenvalue weighted by Crippen LogP contribution is 2.20. The molecule has 1 fully saturated rings. The summed E-state index contributed by atoms with van der Waals surface area (Å²) in [6, 6.07) is 0. The van der Waals surface area contributed by atoms with Gasteiger partial charge in [-0.25, -0.2) is 0 Å². The monoisotopic (exact) mass is 222 g/mol. The molecule has 1 aromatic heterocycles. The number of hydrogen-bond acceptors (Lipinski definition) is 3. The number of aryl methyl sites for hydroxylation is 2. The van der Waals surface area contributed by atoms with E-state index in [4.69, 9.17) is 5.73 Å².